The number of amides is 2. The minimum atomic E-state index is -4.06. The molecule has 0 saturated carbocycles. The molecule has 1 fully saturated rings. The Hall–Kier alpha value is -3.73. The van der Waals surface area contributed by atoms with Gasteiger partial charge in [0.15, 0.2) is 6.10 Å². The van der Waals surface area contributed by atoms with E-state index < -0.39 is 46.5 Å². The number of benzene rings is 3. The second-order valence-electron chi connectivity index (χ2n) is 9.80. The third-order valence-corrected chi connectivity index (χ3v) is 6.72. The molecule has 1 heterocycles. The van der Waals surface area contributed by atoms with Crippen molar-refractivity contribution in [1.82, 2.24) is 4.90 Å². The number of hydrogen-bond donors (Lipinski definition) is 0. The minimum absolute atomic E-state index is 0.00821. The van der Waals surface area contributed by atoms with Crippen molar-refractivity contribution in [3.8, 4) is 5.75 Å². The van der Waals surface area contributed by atoms with Crippen LogP contribution in [0.2, 0.25) is 0 Å². The van der Waals surface area contributed by atoms with Gasteiger partial charge in [0.05, 0.1) is 18.4 Å². The lowest BCUT2D eigenvalue weighted by molar-refractivity contribution is -0.152. The molecule has 4 rings (SSSR count). The molecule has 3 aromatic rings. The summed E-state index contributed by atoms with van der Waals surface area (Å²) in [5.41, 5.74) is 2.20. The molecule has 3 aromatic carbocycles. The van der Waals surface area contributed by atoms with Gasteiger partial charge in [-0.2, -0.15) is 8.42 Å². The van der Waals surface area contributed by atoms with Crippen LogP contribution in [0.4, 0.5) is 4.79 Å². The molecule has 0 spiro atoms. The predicted octanol–water partition coefficient (Wildman–Crippen LogP) is 4.67. The molecule has 1 unspecified atom stereocenters. The standard InChI is InChI=1S/C30H33NO8S/c1-21(2)38-28(29(32)31-25(20-37-30(31)33)17-22-11-6-4-7-12-22)27(39-40(3,34)35)24-15-10-16-26(18-24)36-19-23-13-8-5-9-14-23/h4-16,18,21,25,27-28H,17,19-20H2,1-3H3/t25-,27?,28-/m0/s1. The SMILES string of the molecule is CC(C)O[C@H](C(=O)N1C(=O)OC[C@@H]1Cc1ccccc1)C(OS(C)(=O)=O)c1cccc(OCc2ccccc2)c1. The summed E-state index contributed by atoms with van der Waals surface area (Å²) in [6.07, 6.45) is -2.91. The van der Waals surface area contributed by atoms with Crippen LogP contribution in [0.5, 0.6) is 5.75 Å². The smallest absolute Gasteiger partial charge is 0.417 e. The van der Waals surface area contributed by atoms with Crippen LogP contribution in [0.3, 0.4) is 0 Å². The summed E-state index contributed by atoms with van der Waals surface area (Å²) in [5.74, 6) is -0.303. The molecule has 1 aliphatic rings. The fourth-order valence-electron chi connectivity index (χ4n) is 4.45. The zero-order valence-electron chi connectivity index (χ0n) is 22.6. The molecule has 1 aliphatic heterocycles. The van der Waals surface area contributed by atoms with Crippen LogP contribution < -0.4 is 4.74 Å². The van der Waals surface area contributed by atoms with Crippen molar-refractivity contribution in [1.29, 1.82) is 0 Å². The van der Waals surface area contributed by atoms with Crippen molar-refractivity contribution < 1.29 is 36.4 Å². The van der Waals surface area contributed by atoms with Gasteiger partial charge in [0.1, 0.15) is 25.1 Å². The second-order valence-corrected chi connectivity index (χ2v) is 11.4. The summed E-state index contributed by atoms with van der Waals surface area (Å²) < 4.78 is 47.4. The Kier molecular flexibility index (Phi) is 9.57. The molecule has 2 amide bonds. The van der Waals surface area contributed by atoms with Gasteiger partial charge in [-0.1, -0.05) is 72.8 Å². The first kappa shape index (κ1) is 29.3. The van der Waals surface area contributed by atoms with Crippen LogP contribution >= 0.6 is 0 Å². The molecule has 0 aromatic heterocycles. The lowest BCUT2D eigenvalue weighted by Crippen LogP contribution is -2.49. The van der Waals surface area contributed by atoms with E-state index >= 15 is 0 Å². The normalized spacial score (nSPS) is 16.9. The van der Waals surface area contributed by atoms with Crippen molar-refractivity contribution in [2.75, 3.05) is 12.9 Å². The van der Waals surface area contributed by atoms with Gasteiger partial charge in [-0.05, 0) is 49.1 Å². The maximum absolute atomic E-state index is 14.0. The number of rotatable bonds is 12. The highest BCUT2D eigenvalue weighted by molar-refractivity contribution is 7.86. The van der Waals surface area contributed by atoms with Gasteiger partial charge in [-0.15, -0.1) is 0 Å². The lowest BCUT2D eigenvalue weighted by Gasteiger charge is -2.31. The second kappa shape index (κ2) is 13.1. The van der Waals surface area contributed by atoms with Crippen LogP contribution in [0.15, 0.2) is 84.9 Å². The molecule has 212 valence electrons. The molecule has 0 bridgehead atoms. The Balaban J connectivity index is 1.65. The molecule has 40 heavy (non-hydrogen) atoms. The third kappa shape index (κ3) is 7.91. The Bertz CT molecular complexity index is 1400. The highest BCUT2D eigenvalue weighted by Gasteiger charge is 2.45. The first-order valence-electron chi connectivity index (χ1n) is 12.9. The van der Waals surface area contributed by atoms with E-state index in [9.17, 15) is 18.0 Å². The number of carbonyl (C=O) groups is 2. The summed E-state index contributed by atoms with van der Waals surface area (Å²) in [6.45, 7) is 3.71. The highest BCUT2D eigenvalue weighted by Crippen LogP contribution is 2.32. The first-order chi connectivity index (χ1) is 19.1. The van der Waals surface area contributed by atoms with Crippen molar-refractivity contribution in [2.24, 2.45) is 0 Å². The van der Waals surface area contributed by atoms with Crippen LogP contribution in [-0.4, -0.2) is 56.4 Å². The van der Waals surface area contributed by atoms with E-state index in [0.717, 1.165) is 22.3 Å². The van der Waals surface area contributed by atoms with Crippen molar-refractivity contribution in [2.45, 2.75) is 51.2 Å². The molecular weight excluding hydrogens is 534 g/mol. The Morgan fingerprint density at radius 2 is 1.62 bits per heavy atom. The zero-order valence-corrected chi connectivity index (χ0v) is 23.5. The summed E-state index contributed by atoms with van der Waals surface area (Å²) in [4.78, 5) is 27.8. The maximum atomic E-state index is 14.0. The van der Waals surface area contributed by atoms with E-state index in [1.165, 1.54) is 0 Å². The summed E-state index contributed by atoms with van der Waals surface area (Å²) in [5, 5.41) is 0. The van der Waals surface area contributed by atoms with Gasteiger partial charge in [0.2, 0.25) is 0 Å². The van der Waals surface area contributed by atoms with Gasteiger partial charge >= 0.3 is 6.09 Å². The minimum Gasteiger partial charge on any atom is -0.489 e. The highest BCUT2D eigenvalue weighted by atomic mass is 32.2. The van der Waals surface area contributed by atoms with E-state index in [4.69, 9.17) is 18.4 Å². The van der Waals surface area contributed by atoms with E-state index in [-0.39, 0.29) is 13.2 Å². The molecule has 10 heteroatoms. The molecule has 0 aliphatic carbocycles. The molecule has 0 radical (unpaired) electrons. The number of carbonyl (C=O) groups excluding carboxylic acids is 2. The van der Waals surface area contributed by atoms with Crippen LogP contribution in [0.25, 0.3) is 0 Å². The van der Waals surface area contributed by atoms with Crippen molar-refractivity contribution >= 4 is 22.1 Å². The number of cyclic esters (lactones) is 1. The van der Waals surface area contributed by atoms with E-state index in [2.05, 4.69) is 0 Å². The Labute approximate surface area is 234 Å². The van der Waals surface area contributed by atoms with Gasteiger partial charge in [0, 0.05) is 0 Å². The van der Waals surface area contributed by atoms with Crippen LogP contribution in [-0.2, 0) is 41.6 Å². The largest absolute Gasteiger partial charge is 0.489 e. The van der Waals surface area contributed by atoms with E-state index in [0.29, 0.717) is 17.7 Å². The lowest BCUT2D eigenvalue weighted by atomic mass is 10.0. The molecular formula is C30H33NO8S. The molecule has 0 N–H and O–H groups in total. The average molecular weight is 568 g/mol. The number of hydrogen-bond acceptors (Lipinski definition) is 8. The molecule has 9 nitrogen and oxygen atoms in total. The fraction of sp³-hybridized carbons (Fsp3) is 0.333. The van der Waals surface area contributed by atoms with Crippen LogP contribution in [0, 0.1) is 0 Å². The monoisotopic (exact) mass is 567 g/mol. The zero-order chi connectivity index (χ0) is 28.7. The van der Waals surface area contributed by atoms with E-state index in [1.807, 2.05) is 60.7 Å². The van der Waals surface area contributed by atoms with Gasteiger partial charge < -0.3 is 14.2 Å². The summed E-state index contributed by atoms with van der Waals surface area (Å²) in [6, 6.07) is 25.0. The molecule has 3 atom stereocenters. The predicted molar refractivity (Wildman–Crippen MR) is 148 cm³/mol. The fourth-order valence-corrected chi connectivity index (χ4v) is 5.04. The number of nitrogens with zero attached hydrogens (tertiary/aromatic N) is 1. The van der Waals surface area contributed by atoms with Gasteiger partial charge in [-0.3, -0.25) is 8.98 Å². The third-order valence-electron chi connectivity index (χ3n) is 6.16. The Morgan fingerprint density at radius 1 is 0.975 bits per heavy atom. The maximum Gasteiger partial charge on any atom is 0.417 e. The first-order valence-corrected chi connectivity index (χ1v) is 14.8. The van der Waals surface area contributed by atoms with Crippen LogP contribution in [0.1, 0.15) is 36.6 Å². The van der Waals surface area contributed by atoms with Crippen molar-refractivity contribution in [3.05, 3.63) is 102 Å². The van der Waals surface area contributed by atoms with Gasteiger partial charge in [0.25, 0.3) is 16.0 Å². The summed E-state index contributed by atoms with van der Waals surface area (Å²) in [7, 11) is -4.06. The van der Waals surface area contributed by atoms with E-state index in [1.54, 1.807) is 38.1 Å². The van der Waals surface area contributed by atoms with Gasteiger partial charge in [-0.25, -0.2) is 9.69 Å². The summed E-state index contributed by atoms with van der Waals surface area (Å²) >= 11 is 0. The topological polar surface area (TPSA) is 108 Å². The Morgan fingerprint density at radius 3 is 2.25 bits per heavy atom. The molecule has 1 saturated heterocycles. The quantitative estimate of drug-likeness (QED) is 0.291. The average Bonchev–Trinajstić information content (AvgIpc) is 3.29. The number of ether oxygens (including phenoxy) is 3. The number of imide groups is 1. The van der Waals surface area contributed by atoms with Crippen molar-refractivity contribution in [3.63, 3.8) is 0 Å².